The molecule has 0 fully saturated rings. The van der Waals surface area contributed by atoms with E-state index in [0.717, 1.165) is 89.9 Å². The predicted molar refractivity (Wildman–Crippen MR) is 248 cm³/mol. The maximum atomic E-state index is 12.8. The molecule has 0 aliphatic heterocycles. The fourth-order valence-electron chi connectivity index (χ4n) is 6.97. The van der Waals surface area contributed by atoms with Gasteiger partial charge in [-0.25, -0.2) is 4.79 Å². The Morgan fingerprint density at radius 1 is 0.517 bits per heavy atom. The second-order valence-corrected chi connectivity index (χ2v) is 16.1. The summed E-state index contributed by atoms with van der Waals surface area (Å²) in [5.74, 6) is -1.29. The van der Waals surface area contributed by atoms with Crippen LogP contribution >= 0.6 is 0 Å². The highest BCUT2D eigenvalue weighted by Gasteiger charge is 2.19. The van der Waals surface area contributed by atoms with Crippen LogP contribution in [0.4, 0.5) is 0 Å². The number of aliphatic carboxylic acids is 1. The van der Waals surface area contributed by atoms with Gasteiger partial charge >= 0.3 is 11.9 Å². The zero-order valence-electron chi connectivity index (χ0n) is 37.6. The van der Waals surface area contributed by atoms with E-state index in [0.29, 0.717) is 32.2 Å². The van der Waals surface area contributed by atoms with Gasteiger partial charge in [-0.1, -0.05) is 171 Å². The van der Waals surface area contributed by atoms with Crippen LogP contribution in [0.2, 0.25) is 0 Å². The van der Waals surface area contributed by atoms with Crippen molar-refractivity contribution in [3.63, 3.8) is 0 Å². The van der Waals surface area contributed by atoms with E-state index >= 15 is 0 Å². The lowest BCUT2D eigenvalue weighted by atomic mass is 10.0. The number of unbranched alkanes of at least 4 members (excludes halogenated alkanes) is 19. The van der Waals surface area contributed by atoms with Gasteiger partial charge in [0.15, 0.2) is 0 Å². The Hall–Kier alpha value is -2.93. The van der Waals surface area contributed by atoms with Crippen LogP contribution in [0.3, 0.4) is 0 Å². The van der Waals surface area contributed by atoms with Gasteiger partial charge in [0, 0.05) is 12.8 Å². The van der Waals surface area contributed by atoms with Gasteiger partial charge in [-0.05, 0) is 109 Å². The number of carboxylic acid groups (broad SMARTS) is 1. The molecule has 0 aromatic carbocycles. The number of carbonyl (C=O) groups is 3. The molecule has 2 unspecified atom stereocenters. The maximum absolute atomic E-state index is 12.8. The van der Waals surface area contributed by atoms with Crippen molar-refractivity contribution in [2.75, 3.05) is 6.54 Å². The van der Waals surface area contributed by atoms with E-state index in [4.69, 9.17) is 10.5 Å². The molecule has 0 rings (SSSR count). The standard InChI is InChI=1S/C51H90N2O5/c1-3-5-7-9-11-13-15-17-18-19-20-21-22-24-26-28-30-35-39-45-50(55)58-47(41-36-32-29-27-25-23-16-14-12-10-8-6-4-2)42-37-33-31-34-38-44-49(54)53-48(51(56)57)43-40-46-52/h6,8,12,14,17-18,23,25,29,32,47-48H,3-5,7,9-11,13,15-16,19-22,24,26-28,30-31,33-46,52H2,1-2H3,(H,53,54)(H,56,57)/b8-6-,14-12-,18-17-,25-23-,32-29-. The lowest BCUT2D eigenvalue weighted by Crippen LogP contribution is -2.40. The first-order chi connectivity index (χ1) is 28.4. The molecule has 0 saturated carbocycles. The third-order valence-corrected chi connectivity index (χ3v) is 10.6. The van der Waals surface area contributed by atoms with Crippen LogP contribution in [0.1, 0.15) is 226 Å². The zero-order chi connectivity index (χ0) is 42.4. The molecule has 0 heterocycles. The van der Waals surface area contributed by atoms with Gasteiger partial charge in [-0.15, -0.1) is 0 Å². The fourth-order valence-corrected chi connectivity index (χ4v) is 6.97. The highest BCUT2D eigenvalue weighted by molar-refractivity contribution is 5.83. The quantitative estimate of drug-likeness (QED) is 0.0321. The predicted octanol–water partition coefficient (Wildman–Crippen LogP) is 14.1. The van der Waals surface area contributed by atoms with Crippen LogP contribution in [-0.2, 0) is 19.1 Å². The van der Waals surface area contributed by atoms with Crippen molar-refractivity contribution in [1.29, 1.82) is 0 Å². The summed E-state index contributed by atoms with van der Waals surface area (Å²) in [6.45, 7) is 4.83. The Bertz CT molecular complexity index is 1090. The maximum Gasteiger partial charge on any atom is 0.326 e. The smallest absolute Gasteiger partial charge is 0.326 e. The number of esters is 1. The first kappa shape index (κ1) is 55.1. The Labute approximate surface area is 357 Å². The second kappa shape index (κ2) is 45.2. The molecule has 2 atom stereocenters. The fraction of sp³-hybridized carbons (Fsp3) is 0.745. The number of carboxylic acids is 1. The summed E-state index contributed by atoms with van der Waals surface area (Å²) in [6, 6.07) is -0.866. The summed E-state index contributed by atoms with van der Waals surface area (Å²) in [5, 5.41) is 12.0. The average molecular weight is 811 g/mol. The molecule has 0 bridgehead atoms. The highest BCUT2D eigenvalue weighted by Crippen LogP contribution is 2.18. The second-order valence-electron chi connectivity index (χ2n) is 16.1. The van der Waals surface area contributed by atoms with Crippen molar-refractivity contribution >= 4 is 17.8 Å². The molecule has 7 heteroatoms. The van der Waals surface area contributed by atoms with Crippen LogP contribution in [0.15, 0.2) is 60.8 Å². The van der Waals surface area contributed by atoms with E-state index in [1.54, 1.807) is 0 Å². The molecule has 0 aliphatic carbocycles. The molecule has 0 aliphatic rings. The largest absolute Gasteiger partial charge is 0.480 e. The van der Waals surface area contributed by atoms with E-state index in [9.17, 15) is 19.5 Å². The number of amides is 1. The number of hydrogen-bond acceptors (Lipinski definition) is 5. The molecule has 0 saturated heterocycles. The van der Waals surface area contributed by atoms with Gasteiger partial charge in [0.1, 0.15) is 12.1 Å². The van der Waals surface area contributed by atoms with Crippen LogP contribution in [0.25, 0.3) is 0 Å². The topological polar surface area (TPSA) is 119 Å². The van der Waals surface area contributed by atoms with Crippen LogP contribution in [0.5, 0.6) is 0 Å². The van der Waals surface area contributed by atoms with Gasteiger partial charge in [-0.2, -0.15) is 0 Å². The molecule has 0 spiro atoms. The summed E-state index contributed by atoms with van der Waals surface area (Å²) in [5.41, 5.74) is 5.49. The van der Waals surface area contributed by atoms with E-state index in [-0.39, 0.29) is 18.0 Å². The summed E-state index contributed by atoms with van der Waals surface area (Å²) in [6.07, 6.45) is 57.1. The highest BCUT2D eigenvalue weighted by atomic mass is 16.5. The first-order valence-corrected chi connectivity index (χ1v) is 24.1. The van der Waals surface area contributed by atoms with Crippen molar-refractivity contribution in [3.05, 3.63) is 60.8 Å². The number of nitrogens with one attached hydrogen (secondary N) is 1. The molecule has 334 valence electrons. The molecule has 0 aromatic heterocycles. The van der Waals surface area contributed by atoms with Gasteiger partial charge in [0.2, 0.25) is 5.91 Å². The molecule has 58 heavy (non-hydrogen) atoms. The third-order valence-electron chi connectivity index (χ3n) is 10.6. The first-order valence-electron chi connectivity index (χ1n) is 24.1. The number of carbonyl (C=O) groups excluding carboxylic acids is 2. The van der Waals surface area contributed by atoms with Crippen molar-refractivity contribution in [3.8, 4) is 0 Å². The molecule has 1 amide bonds. The third kappa shape index (κ3) is 41.2. The molecule has 7 nitrogen and oxygen atoms in total. The number of hydrogen-bond donors (Lipinski definition) is 3. The van der Waals surface area contributed by atoms with Crippen LogP contribution in [-0.4, -0.2) is 41.6 Å². The van der Waals surface area contributed by atoms with Crippen molar-refractivity contribution < 1.29 is 24.2 Å². The molecule has 4 N–H and O–H groups in total. The van der Waals surface area contributed by atoms with Crippen molar-refractivity contribution in [2.45, 2.75) is 238 Å². The van der Waals surface area contributed by atoms with E-state index in [2.05, 4.69) is 79.9 Å². The lowest BCUT2D eigenvalue weighted by molar-refractivity contribution is -0.150. The number of nitrogens with two attached hydrogens (primary N) is 1. The van der Waals surface area contributed by atoms with Gasteiger partial charge in [0.05, 0.1) is 0 Å². The number of rotatable bonds is 43. The minimum Gasteiger partial charge on any atom is -0.480 e. The van der Waals surface area contributed by atoms with E-state index in [1.807, 2.05) is 0 Å². The van der Waals surface area contributed by atoms with Crippen molar-refractivity contribution in [2.24, 2.45) is 5.73 Å². The van der Waals surface area contributed by atoms with Gasteiger partial charge in [-0.3, -0.25) is 9.59 Å². The lowest BCUT2D eigenvalue weighted by Gasteiger charge is -2.17. The number of allylic oxidation sites excluding steroid dienone is 10. The summed E-state index contributed by atoms with van der Waals surface area (Å²) < 4.78 is 6.03. The molecule has 0 aromatic rings. The Balaban J connectivity index is 4.36. The Morgan fingerprint density at radius 2 is 0.983 bits per heavy atom. The normalized spacial score (nSPS) is 13.2. The van der Waals surface area contributed by atoms with Gasteiger partial charge < -0.3 is 20.9 Å². The van der Waals surface area contributed by atoms with Crippen molar-refractivity contribution in [1.82, 2.24) is 5.32 Å². The Morgan fingerprint density at radius 3 is 1.52 bits per heavy atom. The molecule has 0 radical (unpaired) electrons. The van der Waals surface area contributed by atoms with Gasteiger partial charge in [0.25, 0.3) is 0 Å². The molecular formula is C51H90N2O5. The molecular weight excluding hydrogens is 721 g/mol. The van der Waals surface area contributed by atoms with E-state index < -0.39 is 12.0 Å². The van der Waals surface area contributed by atoms with E-state index in [1.165, 1.54) is 96.3 Å². The Kier molecular flexibility index (Phi) is 42.9. The summed E-state index contributed by atoms with van der Waals surface area (Å²) in [4.78, 5) is 36.5. The number of ether oxygens (including phenoxy) is 1. The zero-order valence-corrected chi connectivity index (χ0v) is 37.6. The summed E-state index contributed by atoms with van der Waals surface area (Å²) >= 11 is 0. The monoisotopic (exact) mass is 811 g/mol. The SMILES string of the molecule is CC/C=C\C/C=C\C/C=C\C/C=C\CCC(CCCCCCCC(=O)NC(CCCN)C(=O)O)OC(=O)CCCCCCCCCCC/C=C\CCCCCCCC. The average Bonchev–Trinajstić information content (AvgIpc) is 3.21. The van der Waals surface area contributed by atoms with Crippen LogP contribution < -0.4 is 11.1 Å². The minimum atomic E-state index is -1.01. The van der Waals surface area contributed by atoms with Crippen LogP contribution in [0, 0.1) is 0 Å². The summed E-state index contributed by atoms with van der Waals surface area (Å²) in [7, 11) is 0. The minimum absolute atomic E-state index is 0.0617.